The van der Waals surface area contributed by atoms with E-state index in [1.807, 2.05) is 97.1 Å². The van der Waals surface area contributed by atoms with Gasteiger partial charge in [0.15, 0.2) is 0 Å². The number of benzene rings is 7. The van der Waals surface area contributed by atoms with E-state index in [1.165, 1.54) is 0 Å². The van der Waals surface area contributed by atoms with Gasteiger partial charge >= 0.3 is 0 Å². The maximum atomic E-state index is 11.7. The number of phenols is 2. The Bertz CT molecular complexity index is 2650. The van der Waals surface area contributed by atoms with Crippen molar-refractivity contribution in [1.82, 2.24) is 9.13 Å². The van der Waals surface area contributed by atoms with Gasteiger partial charge in [-0.05, 0) is 54.6 Å². The van der Waals surface area contributed by atoms with E-state index in [2.05, 4.69) is 69.8 Å². The summed E-state index contributed by atoms with van der Waals surface area (Å²) in [7, 11) is 0. The first-order valence-electron chi connectivity index (χ1n) is 16.5. The fraction of sp³-hybridized carbons (Fsp3) is 0.0227. The summed E-state index contributed by atoms with van der Waals surface area (Å²) < 4.78 is 4.26. The monoisotopic (exact) mass is 665 g/mol. The first kappa shape index (κ1) is 29.9. The third-order valence-corrected chi connectivity index (χ3v) is 10.5. The molecule has 6 heteroatoms. The normalized spacial score (nSPS) is 11.8. The Kier molecular flexibility index (Phi) is 7.37. The Morgan fingerprint density at radius 2 is 0.940 bits per heavy atom. The van der Waals surface area contributed by atoms with E-state index < -0.39 is 0 Å². The summed E-state index contributed by atoms with van der Waals surface area (Å²) in [5.74, 6) is 0.983. The highest BCUT2D eigenvalue weighted by Gasteiger charge is 2.18. The van der Waals surface area contributed by atoms with Crippen molar-refractivity contribution >= 4 is 67.3 Å². The lowest BCUT2D eigenvalue weighted by atomic mass is 10.1. The van der Waals surface area contributed by atoms with Crippen molar-refractivity contribution in [3.05, 3.63) is 169 Å². The quantitative estimate of drug-likeness (QED) is 0.132. The molecule has 0 aliphatic heterocycles. The minimum Gasteiger partial charge on any atom is -0.505 e. The highest BCUT2D eigenvalue weighted by atomic mass is 32.2. The second kappa shape index (κ2) is 12.3. The molecule has 9 rings (SSSR count). The molecule has 0 atom stereocenters. The molecule has 9 aromatic rings. The zero-order valence-corrected chi connectivity index (χ0v) is 27.8. The van der Waals surface area contributed by atoms with Crippen molar-refractivity contribution in [1.29, 1.82) is 0 Å². The summed E-state index contributed by atoms with van der Waals surface area (Å²) in [6.07, 6.45) is 1.73. The summed E-state index contributed by atoms with van der Waals surface area (Å²) in [6, 6.07) is 52.9. The molecular formula is C44H31N3O2S. The number of hydrogen-bond donors (Lipinski definition) is 2. The molecule has 0 fully saturated rings. The molecule has 5 nitrogen and oxygen atoms in total. The van der Waals surface area contributed by atoms with Gasteiger partial charge in [0.2, 0.25) is 0 Å². The zero-order chi connectivity index (χ0) is 33.6. The number of hydrogen-bond acceptors (Lipinski definition) is 4. The molecule has 0 spiro atoms. The largest absolute Gasteiger partial charge is 0.505 e. The highest BCUT2D eigenvalue weighted by Crippen LogP contribution is 2.40. The third-order valence-electron chi connectivity index (χ3n) is 9.38. The van der Waals surface area contributed by atoms with Crippen LogP contribution >= 0.6 is 11.8 Å². The predicted octanol–water partition coefficient (Wildman–Crippen LogP) is 11.3. The fourth-order valence-corrected chi connectivity index (χ4v) is 8.04. The first-order valence-corrected chi connectivity index (χ1v) is 17.5. The van der Waals surface area contributed by atoms with Gasteiger partial charge in [-0.25, -0.2) is 0 Å². The number of aromatic nitrogens is 2. The summed E-state index contributed by atoms with van der Waals surface area (Å²) >= 11 is 1.62. The number of rotatable bonds is 7. The number of thioether (sulfide) groups is 1. The van der Waals surface area contributed by atoms with E-state index in [0.29, 0.717) is 17.0 Å². The Labute approximate surface area is 293 Å². The van der Waals surface area contributed by atoms with Gasteiger partial charge in [0.25, 0.3) is 0 Å². The summed E-state index contributed by atoms with van der Waals surface area (Å²) in [5, 5.41) is 27.8. The Hall–Kier alpha value is -6.24. The Balaban J connectivity index is 1.03. The van der Waals surface area contributed by atoms with Crippen LogP contribution in [0.15, 0.2) is 168 Å². The SMILES string of the molecule is Oc1c(/C=N/c2ccccc2SCc2cccc(-n3c4ccccc4c4ccccc43)c2O)cccc1-n1c2ccccc2c2ccccc21. The van der Waals surface area contributed by atoms with E-state index in [9.17, 15) is 10.2 Å². The van der Waals surface area contributed by atoms with E-state index in [1.54, 1.807) is 18.0 Å². The van der Waals surface area contributed by atoms with E-state index in [0.717, 1.165) is 65.4 Å². The van der Waals surface area contributed by atoms with Gasteiger partial charge in [-0.15, -0.1) is 11.8 Å². The molecule has 0 aliphatic rings. The van der Waals surface area contributed by atoms with Gasteiger partial charge < -0.3 is 19.3 Å². The molecule has 0 saturated carbocycles. The predicted molar refractivity (Wildman–Crippen MR) is 208 cm³/mol. The first-order chi connectivity index (χ1) is 24.7. The van der Waals surface area contributed by atoms with Crippen LogP contribution < -0.4 is 0 Å². The maximum Gasteiger partial charge on any atom is 0.148 e. The van der Waals surface area contributed by atoms with Gasteiger partial charge in [-0.1, -0.05) is 103 Å². The zero-order valence-electron chi connectivity index (χ0n) is 26.9. The van der Waals surface area contributed by atoms with Crippen molar-refractivity contribution in [3.8, 4) is 22.9 Å². The van der Waals surface area contributed by atoms with Crippen molar-refractivity contribution in [2.24, 2.45) is 4.99 Å². The van der Waals surface area contributed by atoms with Crippen molar-refractivity contribution in [2.75, 3.05) is 0 Å². The maximum absolute atomic E-state index is 11.7. The Morgan fingerprint density at radius 3 is 1.50 bits per heavy atom. The molecule has 0 amide bonds. The second-order valence-corrected chi connectivity index (χ2v) is 13.3. The molecular weight excluding hydrogens is 635 g/mol. The van der Waals surface area contributed by atoms with Crippen LogP contribution in [-0.2, 0) is 5.75 Å². The van der Waals surface area contributed by atoms with Crippen LogP contribution in [-0.4, -0.2) is 25.6 Å². The summed E-state index contributed by atoms with van der Waals surface area (Å²) in [4.78, 5) is 5.84. The second-order valence-electron chi connectivity index (χ2n) is 12.3. The highest BCUT2D eigenvalue weighted by molar-refractivity contribution is 7.98. The van der Waals surface area contributed by atoms with E-state index in [4.69, 9.17) is 4.99 Å². The number of nitrogens with zero attached hydrogens (tertiary/aromatic N) is 3. The molecule has 240 valence electrons. The van der Waals surface area contributed by atoms with Gasteiger partial charge in [0.05, 0.1) is 39.1 Å². The Morgan fingerprint density at radius 1 is 0.480 bits per heavy atom. The molecule has 0 bridgehead atoms. The standard InChI is InChI=1S/C44H31N3O2S/c48-43-29(13-11-24-40(43)46-36-20-6-1-15-31(36)32-16-2-7-21-37(32)46)27-45-35-19-5-10-26-42(35)50-28-30-14-12-25-41(44(30)49)47-38-22-8-3-17-33(38)34-18-4-9-23-39(34)47/h1-27,48-49H,28H2/b45-27+. The van der Waals surface area contributed by atoms with E-state index in [-0.39, 0.29) is 11.5 Å². The number of phenolic OH excluding ortho intramolecular Hbond substituents is 2. The molecule has 50 heavy (non-hydrogen) atoms. The van der Waals surface area contributed by atoms with Crippen LogP contribution in [0.2, 0.25) is 0 Å². The number of fused-ring (bicyclic) bond motifs is 6. The minimum atomic E-state index is 0.166. The topological polar surface area (TPSA) is 62.7 Å². The van der Waals surface area contributed by atoms with Crippen molar-refractivity contribution in [3.63, 3.8) is 0 Å². The lowest BCUT2D eigenvalue weighted by molar-refractivity contribution is 0.468. The molecule has 0 radical (unpaired) electrons. The van der Waals surface area contributed by atoms with Crippen LogP contribution in [0.1, 0.15) is 11.1 Å². The summed E-state index contributed by atoms with van der Waals surface area (Å²) in [5.41, 5.74) is 7.88. The minimum absolute atomic E-state index is 0.166. The fourth-order valence-electron chi connectivity index (χ4n) is 7.05. The molecule has 0 saturated heterocycles. The molecule has 2 N–H and O–H groups in total. The number of aliphatic imine (C=N–C) groups is 1. The molecule has 2 heterocycles. The number of para-hydroxylation sites is 7. The van der Waals surface area contributed by atoms with Crippen LogP contribution in [0.5, 0.6) is 11.5 Å². The smallest absolute Gasteiger partial charge is 0.148 e. The number of aromatic hydroxyl groups is 2. The van der Waals surface area contributed by atoms with Crippen molar-refractivity contribution in [2.45, 2.75) is 10.6 Å². The van der Waals surface area contributed by atoms with Gasteiger partial charge in [0.1, 0.15) is 11.5 Å². The van der Waals surface area contributed by atoms with Gasteiger partial charge in [-0.3, -0.25) is 4.99 Å². The molecule has 0 unspecified atom stereocenters. The molecule has 2 aromatic heterocycles. The van der Waals surface area contributed by atoms with Gasteiger partial charge in [0, 0.05) is 49.5 Å². The lowest BCUT2D eigenvalue weighted by Crippen LogP contribution is -1.97. The van der Waals surface area contributed by atoms with E-state index >= 15 is 0 Å². The summed E-state index contributed by atoms with van der Waals surface area (Å²) in [6.45, 7) is 0. The lowest BCUT2D eigenvalue weighted by Gasteiger charge is -2.14. The average molecular weight is 666 g/mol. The third kappa shape index (κ3) is 4.92. The van der Waals surface area contributed by atoms with Crippen LogP contribution in [0.3, 0.4) is 0 Å². The van der Waals surface area contributed by atoms with Gasteiger partial charge in [-0.2, -0.15) is 0 Å². The average Bonchev–Trinajstić information content (AvgIpc) is 3.67. The molecule has 0 aliphatic carbocycles. The van der Waals surface area contributed by atoms with Crippen LogP contribution in [0, 0.1) is 0 Å². The van der Waals surface area contributed by atoms with Crippen molar-refractivity contribution < 1.29 is 10.2 Å². The van der Waals surface area contributed by atoms with Crippen LogP contribution in [0.4, 0.5) is 5.69 Å². The van der Waals surface area contributed by atoms with Crippen LogP contribution in [0.25, 0.3) is 55.0 Å². The molecule has 7 aromatic carbocycles.